The minimum Gasteiger partial charge on any atom is -0.354 e. The molecule has 2 nitrogen and oxygen atoms in total. The Kier molecular flexibility index (Phi) is 2.76. The molecule has 1 N–H and O–H groups in total. The van der Waals surface area contributed by atoms with Gasteiger partial charge in [0.1, 0.15) is 0 Å². The number of nitrogens with one attached hydrogen (secondary N) is 1. The number of carbonyl (C=O) groups excluding carboxylic acids is 1. The lowest BCUT2D eigenvalue weighted by atomic mass is 10.1. The monoisotopic (exact) mass is 299 g/mol. The Morgan fingerprint density at radius 1 is 0.833 bits per heavy atom. The van der Waals surface area contributed by atoms with Crippen molar-refractivity contribution in [1.82, 2.24) is 0 Å². The van der Waals surface area contributed by atoms with Gasteiger partial charge in [-0.25, -0.2) is 0 Å². The maximum atomic E-state index is 12.1. The number of allylic oxidation sites excluding steroid dienone is 1. The van der Waals surface area contributed by atoms with Gasteiger partial charge in [-0.05, 0) is 28.1 Å². The predicted octanol–water partition coefficient (Wildman–Crippen LogP) is 4.06. The van der Waals surface area contributed by atoms with Crippen LogP contribution in [0.3, 0.4) is 0 Å². The molecule has 0 amide bonds. The second-order valence-electron chi connectivity index (χ2n) is 4.05. The molecule has 1 aliphatic rings. The number of halogens is 1. The van der Waals surface area contributed by atoms with Gasteiger partial charge in [0.2, 0.25) is 5.78 Å². The quantitative estimate of drug-likeness (QED) is 0.906. The second kappa shape index (κ2) is 4.42. The van der Waals surface area contributed by atoms with E-state index in [9.17, 15) is 4.79 Å². The summed E-state index contributed by atoms with van der Waals surface area (Å²) in [5, 5.41) is 3.29. The summed E-state index contributed by atoms with van der Waals surface area (Å²) in [6.45, 7) is 0. The van der Waals surface area contributed by atoms with Gasteiger partial charge in [0.15, 0.2) is 0 Å². The number of hydrogen-bond acceptors (Lipinski definition) is 2. The highest BCUT2D eigenvalue weighted by Crippen LogP contribution is 2.36. The van der Waals surface area contributed by atoms with Gasteiger partial charge in [0, 0.05) is 16.8 Å². The summed E-state index contributed by atoms with van der Waals surface area (Å²) in [6, 6.07) is 17.4. The maximum Gasteiger partial charge on any atom is 0.202 e. The lowest BCUT2D eigenvalue weighted by Crippen LogP contribution is -1.97. The Morgan fingerprint density at radius 3 is 2.17 bits per heavy atom. The van der Waals surface area contributed by atoms with Crippen LogP contribution in [0.1, 0.15) is 15.9 Å². The van der Waals surface area contributed by atoms with Gasteiger partial charge in [0.25, 0.3) is 0 Å². The standard InChI is InChI=1S/C15H10BrNO/c16-13-14(17-10-6-2-1-3-7-10)11-8-4-5-9-12(11)15(13)18/h1-9,17H. The first-order valence-corrected chi connectivity index (χ1v) is 6.42. The van der Waals surface area contributed by atoms with E-state index in [1.165, 1.54) is 0 Å². The molecule has 0 bridgehead atoms. The Bertz CT molecular complexity index is 647. The largest absolute Gasteiger partial charge is 0.354 e. The van der Waals surface area contributed by atoms with Crippen LogP contribution in [0.4, 0.5) is 5.69 Å². The number of ketones is 1. The van der Waals surface area contributed by atoms with E-state index in [2.05, 4.69) is 21.2 Å². The Balaban J connectivity index is 2.04. The highest BCUT2D eigenvalue weighted by atomic mass is 79.9. The lowest BCUT2D eigenvalue weighted by Gasteiger charge is -2.08. The summed E-state index contributed by atoms with van der Waals surface area (Å²) >= 11 is 3.38. The molecular weight excluding hydrogens is 290 g/mol. The van der Waals surface area contributed by atoms with Crippen molar-refractivity contribution in [3.63, 3.8) is 0 Å². The first kappa shape index (κ1) is 11.2. The molecule has 0 aliphatic heterocycles. The molecule has 2 aromatic rings. The Hall–Kier alpha value is -1.87. The molecule has 0 spiro atoms. The molecule has 3 heteroatoms. The molecule has 0 atom stereocenters. The fraction of sp³-hybridized carbons (Fsp3) is 0. The lowest BCUT2D eigenvalue weighted by molar-refractivity contribution is 0.104. The van der Waals surface area contributed by atoms with Crippen LogP contribution < -0.4 is 5.32 Å². The summed E-state index contributed by atoms with van der Waals surface area (Å²) in [4.78, 5) is 12.1. The average molecular weight is 300 g/mol. The molecule has 1 aliphatic carbocycles. The molecule has 3 rings (SSSR count). The fourth-order valence-corrected chi connectivity index (χ4v) is 2.56. The zero-order valence-electron chi connectivity index (χ0n) is 9.48. The highest BCUT2D eigenvalue weighted by Gasteiger charge is 2.27. The van der Waals surface area contributed by atoms with Crippen LogP contribution in [0.15, 0.2) is 59.1 Å². The summed E-state index contributed by atoms with van der Waals surface area (Å²) in [5.41, 5.74) is 3.48. The molecule has 0 aromatic heterocycles. The maximum absolute atomic E-state index is 12.1. The zero-order chi connectivity index (χ0) is 12.5. The van der Waals surface area contributed by atoms with E-state index in [0.29, 0.717) is 4.48 Å². The smallest absolute Gasteiger partial charge is 0.202 e. The van der Waals surface area contributed by atoms with Crippen LogP contribution in [-0.2, 0) is 0 Å². The number of hydrogen-bond donors (Lipinski definition) is 1. The van der Waals surface area contributed by atoms with E-state index in [0.717, 1.165) is 22.5 Å². The number of Topliss-reactive ketones (excluding diaryl/α,β-unsaturated/α-hetero) is 1. The zero-order valence-corrected chi connectivity index (χ0v) is 11.1. The predicted molar refractivity (Wildman–Crippen MR) is 76.7 cm³/mol. The summed E-state index contributed by atoms with van der Waals surface area (Å²) in [5.74, 6) is 0.0315. The number of para-hydroxylation sites is 1. The molecule has 0 saturated carbocycles. The van der Waals surface area contributed by atoms with Crippen LogP contribution in [0.25, 0.3) is 5.70 Å². The molecular formula is C15H10BrNO. The minimum absolute atomic E-state index is 0.0315. The van der Waals surface area contributed by atoms with E-state index in [1.807, 2.05) is 54.6 Å². The van der Waals surface area contributed by atoms with E-state index in [1.54, 1.807) is 0 Å². The van der Waals surface area contributed by atoms with Gasteiger partial charge < -0.3 is 5.32 Å². The third-order valence-electron chi connectivity index (χ3n) is 2.90. The van der Waals surface area contributed by atoms with Gasteiger partial charge in [-0.15, -0.1) is 0 Å². The van der Waals surface area contributed by atoms with Crippen LogP contribution in [0, 0.1) is 0 Å². The molecule has 88 valence electrons. The van der Waals surface area contributed by atoms with E-state index >= 15 is 0 Å². The van der Waals surface area contributed by atoms with Crippen LogP contribution in [0.2, 0.25) is 0 Å². The van der Waals surface area contributed by atoms with Crippen LogP contribution >= 0.6 is 15.9 Å². The molecule has 0 heterocycles. The second-order valence-corrected chi connectivity index (χ2v) is 4.85. The van der Waals surface area contributed by atoms with E-state index in [-0.39, 0.29) is 5.78 Å². The van der Waals surface area contributed by atoms with Gasteiger partial charge in [0.05, 0.1) is 10.2 Å². The molecule has 0 fully saturated rings. The Labute approximate surface area is 113 Å². The third kappa shape index (κ3) is 1.77. The number of benzene rings is 2. The average Bonchev–Trinajstić information content (AvgIpc) is 2.66. The minimum atomic E-state index is 0.0315. The van der Waals surface area contributed by atoms with Gasteiger partial charge in [-0.2, -0.15) is 0 Å². The van der Waals surface area contributed by atoms with Crippen LogP contribution in [-0.4, -0.2) is 5.78 Å². The normalized spacial score (nSPS) is 13.7. The van der Waals surface area contributed by atoms with E-state index in [4.69, 9.17) is 0 Å². The van der Waals surface area contributed by atoms with Crippen molar-refractivity contribution >= 4 is 33.1 Å². The SMILES string of the molecule is O=C1C(Br)=C(Nc2ccccc2)c2ccccc21. The topological polar surface area (TPSA) is 29.1 Å². The number of fused-ring (bicyclic) bond motifs is 1. The first-order valence-electron chi connectivity index (χ1n) is 5.63. The van der Waals surface area contributed by atoms with Crippen LogP contribution in [0.5, 0.6) is 0 Å². The Morgan fingerprint density at radius 2 is 1.44 bits per heavy atom. The van der Waals surface area contributed by atoms with Crippen molar-refractivity contribution < 1.29 is 4.79 Å². The van der Waals surface area contributed by atoms with Crippen molar-refractivity contribution in [3.8, 4) is 0 Å². The van der Waals surface area contributed by atoms with Gasteiger partial charge >= 0.3 is 0 Å². The third-order valence-corrected chi connectivity index (χ3v) is 3.66. The molecule has 0 radical (unpaired) electrons. The highest BCUT2D eigenvalue weighted by molar-refractivity contribution is 9.12. The van der Waals surface area contributed by atoms with Crippen molar-refractivity contribution in [2.24, 2.45) is 0 Å². The summed E-state index contributed by atoms with van der Waals surface area (Å²) in [6.07, 6.45) is 0. The van der Waals surface area contributed by atoms with Gasteiger partial charge in [-0.3, -0.25) is 4.79 Å². The van der Waals surface area contributed by atoms with Crippen molar-refractivity contribution in [2.75, 3.05) is 5.32 Å². The number of rotatable bonds is 2. The van der Waals surface area contributed by atoms with Gasteiger partial charge in [-0.1, -0.05) is 42.5 Å². The first-order chi connectivity index (χ1) is 8.77. The molecule has 0 saturated heterocycles. The fourth-order valence-electron chi connectivity index (χ4n) is 2.04. The van der Waals surface area contributed by atoms with Crippen molar-refractivity contribution in [3.05, 3.63) is 70.2 Å². The summed E-state index contributed by atoms with van der Waals surface area (Å²) < 4.78 is 0.590. The van der Waals surface area contributed by atoms with Crippen molar-refractivity contribution in [2.45, 2.75) is 0 Å². The number of anilines is 1. The number of carbonyl (C=O) groups is 1. The molecule has 2 aromatic carbocycles. The van der Waals surface area contributed by atoms with Crippen molar-refractivity contribution in [1.29, 1.82) is 0 Å². The molecule has 0 unspecified atom stereocenters. The van der Waals surface area contributed by atoms with E-state index < -0.39 is 0 Å². The summed E-state index contributed by atoms with van der Waals surface area (Å²) in [7, 11) is 0. The molecule has 18 heavy (non-hydrogen) atoms.